The molecule has 5 heteroatoms. The molecule has 0 bridgehead atoms. The quantitative estimate of drug-likeness (QED) is 0.409. The van der Waals surface area contributed by atoms with Gasteiger partial charge in [0.05, 0.1) is 0 Å². The Labute approximate surface area is 75.5 Å². The van der Waals surface area contributed by atoms with Crippen molar-refractivity contribution in [2.45, 2.75) is 22.2 Å². The molecule has 6 N–H and O–H groups in total. The molecule has 0 aromatic heterocycles. The van der Waals surface area contributed by atoms with Crippen LogP contribution in [-0.4, -0.2) is 36.7 Å². The first kappa shape index (κ1) is 17.2. The normalized spacial score (nSPS) is 7.50. The van der Waals surface area contributed by atoms with Crippen molar-refractivity contribution in [1.82, 2.24) is 0 Å². The van der Waals surface area contributed by atoms with E-state index < -0.39 is 20.0 Å². The molecule has 3 nitrogen and oxygen atoms in total. The van der Waals surface area contributed by atoms with Crippen LogP contribution in [0.1, 0.15) is 12.8 Å². The molecule has 64 valence electrons. The number of unbranched alkanes of at least 4 members (excludes halogenated alkanes) is 1. The van der Waals surface area contributed by atoms with Crippen molar-refractivity contribution in [3.8, 4) is 0 Å². The Kier molecular flexibility index (Phi) is 21.8. The molecule has 0 radical (unpaired) electrons. The van der Waals surface area contributed by atoms with Crippen LogP contribution in [0, 0.1) is 0 Å². The van der Waals surface area contributed by atoms with E-state index >= 15 is 0 Å². The van der Waals surface area contributed by atoms with E-state index in [1.807, 2.05) is 0 Å². The van der Waals surface area contributed by atoms with Gasteiger partial charge in [-0.15, -0.1) is 0 Å². The second kappa shape index (κ2) is 12.7. The van der Waals surface area contributed by atoms with Crippen LogP contribution in [0.25, 0.3) is 0 Å². The summed E-state index contributed by atoms with van der Waals surface area (Å²) in [5.41, 5.74) is 0. The topological polar surface area (TPSA) is 89.0 Å². The predicted octanol–water partition coefficient (Wildman–Crippen LogP) is -0.373. The number of thiol groups is 1. The third-order valence-corrected chi connectivity index (χ3v) is 4.56. The second-order valence-electron chi connectivity index (χ2n) is 2.03. The van der Waals surface area contributed by atoms with Gasteiger partial charge in [-0.1, -0.05) is 0 Å². The maximum atomic E-state index is 5.70. The minimum atomic E-state index is -1.20. The molecular formula is C5H18NO2SSn+. The summed E-state index contributed by atoms with van der Waals surface area (Å²) in [6.07, 6.45) is 2.56. The molecule has 0 amide bonds. The number of hydrogen-bond donors (Lipinski definition) is 2. The first-order valence-corrected chi connectivity index (χ1v) is 10.1. The van der Waals surface area contributed by atoms with Crippen LogP contribution < -0.4 is 3.96 Å². The average Bonchev–Trinajstić information content (AvgIpc) is 1.66. The van der Waals surface area contributed by atoms with E-state index in [0.29, 0.717) is 0 Å². The van der Waals surface area contributed by atoms with Crippen molar-refractivity contribution in [2.75, 3.05) is 5.75 Å². The van der Waals surface area contributed by atoms with Gasteiger partial charge in [-0.3, -0.25) is 0 Å². The first-order chi connectivity index (χ1) is 3.77. The van der Waals surface area contributed by atoms with Crippen LogP contribution in [0.15, 0.2) is 0 Å². The standard InChI is InChI=1S/C4H9S.CH3.H2N.2H2O.Sn/c1-2-3-4-5;;;;;/h5H,1-4H2;1H3;3*1H2;/q;;-1;;;+2. The zero-order valence-electron chi connectivity index (χ0n) is 6.35. The fourth-order valence-corrected chi connectivity index (χ4v) is 3.04. The molecule has 10 heavy (non-hydrogen) atoms. The molecular weight excluding hydrogens is 257 g/mol. The Morgan fingerprint density at radius 3 is 2.10 bits per heavy atom. The van der Waals surface area contributed by atoms with Crippen molar-refractivity contribution in [1.29, 1.82) is 0 Å². The molecule has 0 saturated heterocycles. The monoisotopic (exact) mass is 276 g/mol. The summed E-state index contributed by atoms with van der Waals surface area (Å²) in [6.45, 7) is 0. The average molecular weight is 275 g/mol. The van der Waals surface area contributed by atoms with Gasteiger partial charge >= 0.3 is 64.6 Å². The van der Waals surface area contributed by atoms with E-state index in [9.17, 15) is 0 Å². The Hall–Kier alpha value is 1.03. The third kappa shape index (κ3) is 16.0. The van der Waals surface area contributed by atoms with E-state index in [2.05, 4.69) is 17.6 Å². The molecule has 0 unspecified atom stereocenters. The molecule has 0 spiro atoms. The van der Waals surface area contributed by atoms with Gasteiger partial charge < -0.3 is 11.0 Å². The Morgan fingerprint density at radius 1 is 1.30 bits per heavy atom. The zero-order valence-corrected chi connectivity index (χ0v) is 10.1. The molecule has 0 heterocycles. The molecule has 0 aliphatic heterocycles. The Balaban J connectivity index is -0.000000245. The van der Waals surface area contributed by atoms with Gasteiger partial charge in [0.2, 0.25) is 0 Å². The zero-order chi connectivity index (χ0) is 6.41. The Bertz CT molecular complexity index is 56.9. The third-order valence-electron chi connectivity index (χ3n) is 0.979. The molecule has 0 aliphatic rings. The van der Waals surface area contributed by atoms with Crippen LogP contribution in [0.5, 0.6) is 0 Å². The van der Waals surface area contributed by atoms with E-state index in [1.165, 1.54) is 17.3 Å². The SMILES string of the molecule is O.O.[CH3][Sn+]([NH2])[CH2]CCCS. The number of rotatable bonds is 4. The summed E-state index contributed by atoms with van der Waals surface area (Å²) in [5.74, 6) is 1.02. The van der Waals surface area contributed by atoms with Crippen molar-refractivity contribution in [2.24, 2.45) is 3.96 Å². The summed E-state index contributed by atoms with van der Waals surface area (Å²) in [5, 5.41) is 0. The van der Waals surface area contributed by atoms with E-state index in [0.717, 1.165) is 5.75 Å². The number of hydrogen-bond acceptors (Lipinski definition) is 2. The van der Waals surface area contributed by atoms with E-state index in [-0.39, 0.29) is 11.0 Å². The van der Waals surface area contributed by atoms with E-state index in [1.54, 1.807) is 0 Å². The van der Waals surface area contributed by atoms with E-state index in [4.69, 9.17) is 3.96 Å². The molecule has 0 atom stereocenters. The molecule has 0 fully saturated rings. The van der Waals surface area contributed by atoms with Crippen LogP contribution in [-0.2, 0) is 0 Å². The summed E-state index contributed by atoms with van der Waals surface area (Å²) < 4.78 is 7.04. The van der Waals surface area contributed by atoms with Gasteiger partial charge in [-0.05, 0) is 0 Å². The van der Waals surface area contributed by atoms with Crippen molar-refractivity contribution in [3.05, 3.63) is 0 Å². The molecule has 0 rings (SSSR count). The van der Waals surface area contributed by atoms with Crippen LogP contribution in [0.2, 0.25) is 9.38 Å². The molecule has 0 aromatic carbocycles. The van der Waals surface area contributed by atoms with Gasteiger partial charge in [0, 0.05) is 0 Å². The van der Waals surface area contributed by atoms with Crippen LogP contribution in [0.4, 0.5) is 0 Å². The summed E-state index contributed by atoms with van der Waals surface area (Å²) >= 11 is 2.91. The second-order valence-corrected chi connectivity index (χ2v) is 8.73. The van der Waals surface area contributed by atoms with Gasteiger partial charge in [0.15, 0.2) is 0 Å². The fraction of sp³-hybridized carbons (Fsp3) is 1.00. The summed E-state index contributed by atoms with van der Waals surface area (Å²) in [4.78, 5) is 2.24. The number of nitrogens with two attached hydrogens (primary N) is 1. The minimum absolute atomic E-state index is 0. The van der Waals surface area contributed by atoms with Gasteiger partial charge in [-0.2, -0.15) is 0 Å². The van der Waals surface area contributed by atoms with Crippen LogP contribution >= 0.6 is 12.6 Å². The molecule has 0 aliphatic carbocycles. The van der Waals surface area contributed by atoms with Gasteiger partial charge in [0.25, 0.3) is 0 Å². The Morgan fingerprint density at radius 2 is 1.80 bits per heavy atom. The fourth-order valence-electron chi connectivity index (χ4n) is 0.516. The van der Waals surface area contributed by atoms with Gasteiger partial charge in [0.1, 0.15) is 0 Å². The van der Waals surface area contributed by atoms with Crippen molar-refractivity contribution < 1.29 is 11.0 Å². The van der Waals surface area contributed by atoms with Crippen molar-refractivity contribution in [3.63, 3.8) is 0 Å². The summed E-state index contributed by atoms with van der Waals surface area (Å²) in [6, 6.07) is 0. The molecule has 0 saturated carbocycles. The van der Waals surface area contributed by atoms with Crippen molar-refractivity contribution >= 4 is 32.7 Å². The summed E-state index contributed by atoms with van der Waals surface area (Å²) in [7, 11) is 0. The maximum absolute atomic E-state index is 5.70. The first-order valence-electron chi connectivity index (χ1n) is 2.96. The van der Waals surface area contributed by atoms with Crippen LogP contribution in [0.3, 0.4) is 0 Å². The predicted molar refractivity (Wildman–Crippen MR) is 50.9 cm³/mol. The van der Waals surface area contributed by atoms with Gasteiger partial charge in [-0.25, -0.2) is 0 Å². The molecule has 0 aromatic rings.